The number of hydrogen-bond donors (Lipinski definition) is 0. The highest BCUT2D eigenvalue weighted by Gasteiger charge is 2.19. The number of nitrogens with zero attached hydrogens (tertiary/aromatic N) is 4. The van der Waals surface area contributed by atoms with E-state index in [1.165, 1.54) is 22.5 Å². The molecule has 0 atom stereocenters. The molecule has 1 aliphatic heterocycles. The van der Waals surface area contributed by atoms with Gasteiger partial charge in [-0.2, -0.15) is 0 Å². The van der Waals surface area contributed by atoms with Gasteiger partial charge in [0, 0.05) is 55.1 Å². The molecule has 1 aromatic carbocycles. The average molecular weight is 367 g/mol. The molecular formula is C21H26N4S. The Bertz CT molecular complexity index is 873. The summed E-state index contributed by atoms with van der Waals surface area (Å²) >= 11 is 1.77. The summed E-state index contributed by atoms with van der Waals surface area (Å²) in [6.45, 7) is 9.66. The van der Waals surface area contributed by atoms with E-state index in [0.717, 1.165) is 43.5 Å². The topological polar surface area (TPSA) is 24.3 Å². The van der Waals surface area contributed by atoms with Crippen molar-refractivity contribution in [3.63, 3.8) is 0 Å². The van der Waals surface area contributed by atoms with Crippen molar-refractivity contribution in [3.8, 4) is 11.3 Å². The van der Waals surface area contributed by atoms with E-state index in [1.807, 2.05) is 0 Å². The summed E-state index contributed by atoms with van der Waals surface area (Å²) in [5.41, 5.74) is 6.28. The van der Waals surface area contributed by atoms with Gasteiger partial charge in [-0.15, -0.1) is 11.3 Å². The molecule has 5 heteroatoms. The molecule has 4 nitrogen and oxygen atoms in total. The molecule has 2 aromatic heterocycles. The summed E-state index contributed by atoms with van der Waals surface area (Å²) in [4.78, 5) is 9.76. The second kappa shape index (κ2) is 7.25. The highest BCUT2D eigenvalue weighted by molar-refractivity contribution is 7.14. The normalized spacial score (nSPS) is 15.6. The van der Waals surface area contributed by atoms with E-state index >= 15 is 0 Å². The predicted octanol–water partition coefficient (Wildman–Crippen LogP) is 4.03. The lowest BCUT2D eigenvalue weighted by Gasteiger charge is -2.32. The second-order valence-corrected chi connectivity index (χ2v) is 8.00. The molecule has 1 aliphatic rings. The van der Waals surface area contributed by atoms with Gasteiger partial charge in [-0.1, -0.05) is 30.3 Å². The lowest BCUT2D eigenvalue weighted by molar-refractivity contribution is 0.313. The van der Waals surface area contributed by atoms with Crippen LogP contribution in [0.2, 0.25) is 0 Å². The van der Waals surface area contributed by atoms with E-state index in [4.69, 9.17) is 4.98 Å². The minimum atomic E-state index is 0.911. The molecule has 0 spiro atoms. The third-order valence-corrected chi connectivity index (χ3v) is 6.20. The van der Waals surface area contributed by atoms with Crippen molar-refractivity contribution in [2.75, 3.05) is 38.1 Å². The number of aromatic nitrogens is 2. The molecule has 0 amide bonds. The molecule has 26 heavy (non-hydrogen) atoms. The van der Waals surface area contributed by atoms with Gasteiger partial charge in [-0.25, -0.2) is 4.98 Å². The van der Waals surface area contributed by atoms with Crippen molar-refractivity contribution in [2.24, 2.45) is 0 Å². The maximum atomic E-state index is 4.96. The van der Waals surface area contributed by atoms with E-state index in [9.17, 15) is 0 Å². The highest BCUT2D eigenvalue weighted by Crippen LogP contribution is 2.32. The van der Waals surface area contributed by atoms with E-state index in [0.29, 0.717) is 0 Å². The number of aryl methyl sites for hydroxylation is 1. The van der Waals surface area contributed by atoms with Crippen molar-refractivity contribution < 1.29 is 0 Å². The average Bonchev–Trinajstić information content (AvgIpc) is 3.24. The van der Waals surface area contributed by atoms with Crippen molar-refractivity contribution in [3.05, 3.63) is 58.7 Å². The van der Waals surface area contributed by atoms with Gasteiger partial charge < -0.3 is 14.4 Å². The van der Waals surface area contributed by atoms with Crippen molar-refractivity contribution >= 4 is 16.5 Å². The molecule has 0 unspecified atom stereocenters. The Balaban J connectivity index is 1.58. The Labute approximate surface area is 159 Å². The summed E-state index contributed by atoms with van der Waals surface area (Å²) < 4.78 is 2.39. The van der Waals surface area contributed by atoms with E-state index < -0.39 is 0 Å². The van der Waals surface area contributed by atoms with Crippen LogP contribution in [-0.2, 0) is 6.54 Å². The first-order chi connectivity index (χ1) is 12.6. The molecule has 0 aliphatic carbocycles. The van der Waals surface area contributed by atoms with Crippen molar-refractivity contribution in [1.82, 2.24) is 14.5 Å². The zero-order valence-corrected chi connectivity index (χ0v) is 16.6. The van der Waals surface area contributed by atoms with Crippen LogP contribution in [0.4, 0.5) is 5.13 Å². The predicted molar refractivity (Wildman–Crippen MR) is 110 cm³/mol. The molecule has 136 valence electrons. The first-order valence-corrected chi connectivity index (χ1v) is 10.1. The van der Waals surface area contributed by atoms with Gasteiger partial charge in [0.15, 0.2) is 5.13 Å². The maximum absolute atomic E-state index is 4.96. The van der Waals surface area contributed by atoms with E-state index in [1.54, 1.807) is 11.3 Å². The van der Waals surface area contributed by atoms with E-state index in [2.05, 4.69) is 77.0 Å². The SMILES string of the molecule is Cc1cc(-c2csc(N3CCN(C)CC3)n2)c(C)n1Cc1ccccc1. The van der Waals surface area contributed by atoms with Crippen LogP contribution < -0.4 is 4.90 Å². The number of piperazine rings is 1. The standard InChI is InChI=1S/C21H26N4S/c1-16-13-19(17(2)25(16)14-18-7-5-4-6-8-18)20-15-26-21(22-20)24-11-9-23(3)10-12-24/h4-8,13,15H,9-12,14H2,1-3H3. The molecule has 3 aromatic rings. The molecule has 1 fully saturated rings. The summed E-state index contributed by atoms with van der Waals surface area (Å²) in [6.07, 6.45) is 0. The summed E-state index contributed by atoms with van der Waals surface area (Å²) in [6, 6.07) is 12.9. The molecule has 3 heterocycles. The minimum absolute atomic E-state index is 0.911. The summed E-state index contributed by atoms with van der Waals surface area (Å²) in [5.74, 6) is 0. The molecule has 0 N–H and O–H groups in total. The second-order valence-electron chi connectivity index (χ2n) is 7.16. The number of benzene rings is 1. The summed E-state index contributed by atoms with van der Waals surface area (Å²) in [5, 5.41) is 3.36. The highest BCUT2D eigenvalue weighted by atomic mass is 32.1. The lowest BCUT2D eigenvalue weighted by Crippen LogP contribution is -2.44. The van der Waals surface area contributed by atoms with Crippen molar-refractivity contribution in [2.45, 2.75) is 20.4 Å². The molecule has 1 saturated heterocycles. The lowest BCUT2D eigenvalue weighted by atomic mass is 10.2. The van der Waals surface area contributed by atoms with Crippen LogP contribution >= 0.6 is 11.3 Å². The fourth-order valence-corrected chi connectivity index (χ4v) is 4.48. The number of thiazole rings is 1. The number of rotatable bonds is 4. The quantitative estimate of drug-likeness (QED) is 0.697. The Kier molecular flexibility index (Phi) is 4.83. The Morgan fingerprint density at radius 2 is 1.77 bits per heavy atom. The first kappa shape index (κ1) is 17.3. The fourth-order valence-electron chi connectivity index (χ4n) is 3.60. The minimum Gasteiger partial charge on any atom is -0.346 e. The number of hydrogen-bond acceptors (Lipinski definition) is 4. The van der Waals surface area contributed by atoms with Crippen LogP contribution in [0.5, 0.6) is 0 Å². The number of anilines is 1. The van der Waals surface area contributed by atoms with Gasteiger partial charge in [0.05, 0.1) is 5.69 Å². The fraction of sp³-hybridized carbons (Fsp3) is 0.381. The first-order valence-electron chi connectivity index (χ1n) is 9.22. The Hall–Kier alpha value is -2.11. The van der Waals surface area contributed by atoms with Crippen LogP contribution in [0.1, 0.15) is 17.0 Å². The van der Waals surface area contributed by atoms with Gasteiger partial charge in [0.2, 0.25) is 0 Å². The summed E-state index contributed by atoms with van der Waals surface area (Å²) in [7, 11) is 2.19. The third-order valence-electron chi connectivity index (χ3n) is 5.30. The smallest absolute Gasteiger partial charge is 0.185 e. The Morgan fingerprint density at radius 1 is 1.04 bits per heavy atom. The van der Waals surface area contributed by atoms with Gasteiger partial charge in [-0.3, -0.25) is 0 Å². The van der Waals surface area contributed by atoms with Crippen LogP contribution in [-0.4, -0.2) is 47.7 Å². The van der Waals surface area contributed by atoms with Gasteiger partial charge >= 0.3 is 0 Å². The molecule has 0 bridgehead atoms. The van der Waals surface area contributed by atoms with Crippen LogP contribution in [0.3, 0.4) is 0 Å². The third kappa shape index (κ3) is 3.41. The molecule has 0 saturated carbocycles. The maximum Gasteiger partial charge on any atom is 0.185 e. The van der Waals surface area contributed by atoms with Gasteiger partial charge in [0.1, 0.15) is 0 Å². The van der Waals surface area contributed by atoms with Crippen molar-refractivity contribution in [1.29, 1.82) is 0 Å². The largest absolute Gasteiger partial charge is 0.346 e. The zero-order chi connectivity index (χ0) is 18.1. The monoisotopic (exact) mass is 366 g/mol. The van der Waals surface area contributed by atoms with Gasteiger partial charge in [0.25, 0.3) is 0 Å². The molecular weight excluding hydrogens is 340 g/mol. The van der Waals surface area contributed by atoms with Gasteiger partial charge in [-0.05, 0) is 32.5 Å². The van der Waals surface area contributed by atoms with Crippen LogP contribution in [0, 0.1) is 13.8 Å². The van der Waals surface area contributed by atoms with E-state index in [-0.39, 0.29) is 0 Å². The molecule has 0 radical (unpaired) electrons. The van der Waals surface area contributed by atoms with Crippen LogP contribution in [0.25, 0.3) is 11.3 Å². The number of likely N-dealkylation sites (N-methyl/N-ethyl adjacent to an activating group) is 1. The zero-order valence-electron chi connectivity index (χ0n) is 15.8. The Morgan fingerprint density at radius 3 is 2.50 bits per heavy atom. The molecule has 4 rings (SSSR count). The van der Waals surface area contributed by atoms with Crippen LogP contribution in [0.15, 0.2) is 41.8 Å².